The lowest BCUT2D eigenvalue weighted by Crippen LogP contribution is -2.32. The van der Waals surface area contributed by atoms with Crippen LogP contribution in [0.1, 0.15) is 6.23 Å². The fraction of sp³-hybridized carbons (Fsp3) is 0.500. The average molecular weight is 327 g/mol. The Morgan fingerprint density at radius 2 is 2.23 bits per heavy atom. The highest BCUT2D eigenvalue weighted by molar-refractivity contribution is 6.28. The topological polar surface area (TPSA) is 168 Å². The molecule has 12 heteroatoms. The molecule has 0 amide bonds. The van der Waals surface area contributed by atoms with Gasteiger partial charge in [0.2, 0.25) is 5.28 Å². The van der Waals surface area contributed by atoms with Gasteiger partial charge < -0.3 is 20.7 Å². The molecule has 0 bridgehead atoms. The summed E-state index contributed by atoms with van der Waals surface area (Å²) in [5, 5.41) is 23.3. The van der Waals surface area contributed by atoms with Crippen LogP contribution in [0.15, 0.2) is 11.4 Å². The molecule has 1 fully saturated rings. The Bertz CT molecular complexity index is 760. The van der Waals surface area contributed by atoms with Gasteiger partial charge >= 0.3 is 0 Å². The zero-order valence-corrected chi connectivity index (χ0v) is 11.7. The molecule has 0 radical (unpaired) electrons. The summed E-state index contributed by atoms with van der Waals surface area (Å²) in [5.41, 5.74) is 14.6. The maximum absolute atomic E-state index is 10.1. The van der Waals surface area contributed by atoms with Crippen LogP contribution in [0.5, 0.6) is 0 Å². The van der Waals surface area contributed by atoms with Crippen molar-refractivity contribution in [3.63, 3.8) is 0 Å². The van der Waals surface area contributed by atoms with Gasteiger partial charge in [0.05, 0.1) is 19.0 Å². The van der Waals surface area contributed by atoms with E-state index in [-0.39, 0.29) is 23.3 Å². The van der Waals surface area contributed by atoms with E-state index in [0.29, 0.717) is 5.52 Å². The zero-order chi connectivity index (χ0) is 15.9. The van der Waals surface area contributed by atoms with Crippen LogP contribution in [0.2, 0.25) is 5.28 Å². The molecule has 0 unspecified atom stereocenters. The number of fused-ring (bicyclic) bond motifs is 1. The second kappa shape index (κ2) is 5.55. The normalized spacial score (nSPS) is 28.0. The molecule has 0 spiro atoms. The summed E-state index contributed by atoms with van der Waals surface area (Å²) >= 11 is 5.77. The molecule has 116 valence electrons. The minimum absolute atomic E-state index is 0.0783. The van der Waals surface area contributed by atoms with Crippen molar-refractivity contribution in [1.29, 1.82) is 0 Å². The lowest BCUT2D eigenvalue weighted by Gasteiger charge is -2.16. The fourth-order valence-electron chi connectivity index (χ4n) is 2.32. The molecule has 4 atom stereocenters. The quantitative estimate of drug-likeness (QED) is 0.308. The van der Waals surface area contributed by atoms with Crippen LogP contribution < -0.4 is 5.73 Å². The molecule has 3 rings (SSSR count). The predicted octanol–water partition coefficient (Wildman–Crippen LogP) is -0.00860. The Labute approximate surface area is 127 Å². The van der Waals surface area contributed by atoms with Gasteiger partial charge in [-0.2, -0.15) is 9.97 Å². The minimum atomic E-state index is -1.26. The van der Waals surface area contributed by atoms with Gasteiger partial charge in [0, 0.05) is 4.91 Å². The SMILES string of the molecule is [N-]=[N+]=NC[C@H]1O[C@@H](n2cnc3c(N)nc(Cl)nc32)[C@H](O)[C@@H]1O. The highest BCUT2D eigenvalue weighted by Crippen LogP contribution is 2.32. The van der Waals surface area contributed by atoms with Gasteiger partial charge in [0.1, 0.15) is 17.7 Å². The molecule has 1 saturated heterocycles. The van der Waals surface area contributed by atoms with Crippen LogP contribution in [-0.4, -0.2) is 54.6 Å². The van der Waals surface area contributed by atoms with E-state index in [1.54, 1.807) is 0 Å². The van der Waals surface area contributed by atoms with E-state index in [0.717, 1.165) is 0 Å². The summed E-state index contributed by atoms with van der Waals surface area (Å²) in [5.74, 6) is 0.0902. The Morgan fingerprint density at radius 3 is 2.95 bits per heavy atom. The van der Waals surface area contributed by atoms with Crippen LogP contribution in [0.4, 0.5) is 5.82 Å². The number of anilines is 1. The Morgan fingerprint density at radius 1 is 1.45 bits per heavy atom. The number of azide groups is 1. The van der Waals surface area contributed by atoms with Crippen molar-refractivity contribution in [2.75, 3.05) is 12.3 Å². The summed E-state index contributed by atoms with van der Waals surface area (Å²) < 4.78 is 6.93. The number of ether oxygens (including phenoxy) is 1. The molecule has 0 aliphatic carbocycles. The highest BCUT2D eigenvalue weighted by Gasteiger charge is 2.43. The fourth-order valence-corrected chi connectivity index (χ4v) is 2.49. The third kappa shape index (κ3) is 2.30. The summed E-state index contributed by atoms with van der Waals surface area (Å²) in [6.45, 7) is -0.115. The zero-order valence-electron chi connectivity index (χ0n) is 11.0. The number of nitrogen functional groups attached to an aromatic ring is 1. The molecule has 2 aromatic rings. The Kier molecular flexibility index (Phi) is 3.72. The molecule has 4 N–H and O–H groups in total. The molecule has 11 nitrogen and oxygen atoms in total. The van der Waals surface area contributed by atoms with Crippen molar-refractivity contribution in [1.82, 2.24) is 19.5 Å². The first-order valence-corrected chi connectivity index (χ1v) is 6.58. The number of aliphatic hydroxyl groups is 2. The van der Waals surface area contributed by atoms with E-state index in [1.165, 1.54) is 10.9 Å². The van der Waals surface area contributed by atoms with Crippen molar-refractivity contribution >= 4 is 28.6 Å². The Balaban J connectivity index is 1.99. The first-order valence-electron chi connectivity index (χ1n) is 6.21. The van der Waals surface area contributed by atoms with Crippen LogP contribution in [0.25, 0.3) is 21.6 Å². The molecular formula is C10H11ClN8O3. The van der Waals surface area contributed by atoms with E-state index in [9.17, 15) is 10.2 Å². The number of hydrogen-bond acceptors (Lipinski definition) is 8. The van der Waals surface area contributed by atoms with E-state index in [1.807, 2.05) is 0 Å². The van der Waals surface area contributed by atoms with Crippen molar-refractivity contribution in [3.05, 3.63) is 22.1 Å². The molecule has 0 saturated carbocycles. The highest BCUT2D eigenvalue weighted by atomic mass is 35.5. The van der Waals surface area contributed by atoms with E-state index in [2.05, 4.69) is 25.0 Å². The first kappa shape index (κ1) is 14.8. The van der Waals surface area contributed by atoms with E-state index < -0.39 is 24.5 Å². The van der Waals surface area contributed by atoms with Gasteiger partial charge in [-0.1, -0.05) is 5.11 Å². The van der Waals surface area contributed by atoms with Gasteiger partial charge in [-0.05, 0) is 17.1 Å². The second-order valence-electron chi connectivity index (χ2n) is 4.66. The number of rotatable bonds is 3. The summed E-state index contributed by atoms with van der Waals surface area (Å²) in [6.07, 6.45) is -2.94. The van der Waals surface area contributed by atoms with Gasteiger partial charge in [-0.3, -0.25) is 4.57 Å². The molecule has 1 aliphatic heterocycles. The molecule has 3 heterocycles. The van der Waals surface area contributed by atoms with E-state index in [4.69, 9.17) is 27.6 Å². The molecule has 0 aromatic carbocycles. The second-order valence-corrected chi connectivity index (χ2v) is 5.00. The average Bonchev–Trinajstić information content (AvgIpc) is 3.00. The first-order chi connectivity index (χ1) is 10.5. The molecular weight excluding hydrogens is 316 g/mol. The van der Waals surface area contributed by atoms with Crippen LogP contribution in [-0.2, 0) is 4.74 Å². The van der Waals surface area contributed by atoms with Crippen LogP contribution in [0, 0.1) is 0 Å². The maximum Gasteiger partial charge on any atom is 0.226 e. The molecule has 2 aromatic heterocycles. The third-order valence-electron chi connectivity index (χ3n) is 3.36. The number of halogens is 1. The monoisotopic (exact) mass is 326 g/mol. The third-order valence-corrected chi connectivity index (χ3v) is 3.53. The largest absolute Gasteiger partial charge is 0.388 e. The number of nitrogens with two attached hydrogens (primary N) is 1. The maximum atomic E-state index is 10.1. The van der Waals surface area contributed by atoms with Gasteiger partial charge in [0.15, 0.2) is 17.7 Å². The van der Waals surface area contributed by atoms with E-state index >= 15 is 0 Å². The van der Waals surface area contributed by atoms with Crippen molar-refractivity contribution in [3.8, 4) is 0 Å². The van der Waals surface area contributed by atoms with Crippen molar-refractivity contribution in [2.24, 2.45) is 5.11 Å². The van der Waals surface area contributed by atoms with Crippen molar-refractivity contribution < 1.29 is 14.9 Å². The smallest absolute Gasteiger partial charge is 0.226 e. The standard InChI is InChI=1S/C10H11ClN8O3/c11-10-16-7(12)4-8(17-10)19(2-14-4)9-6(21)5(20)3(22-9)1-15-18-13/h2-3,5-6,9,20-21H,1H2,(H2,12,16,17)/t3-,5-,6-,9-/m1/s1. The number of nitrogens with zero attached hydrogens (tertiary/aromatic N) is 7. The van der Waals surface area contributed by atoms with Gasteiger partial charge in [-0.15, -0.1) is 0 Å². The van der Waals surface area contributed by atoms with Crippen molar-refractivity contribution in [2.45, 2.75) is 24.5 Å². The van der Waals surface area contributed by atoms with Crippen LogP contribution in [0.3, 0.4) is 0 Å². The summed E-state index contributed by atoms with van der Waals surface area (Å²) in [7, 11) is 0. The number of imidazole rings is 1. The van der Waals surface area contributed by atoms with Gasteiger partial charge in [0.25, 0.3) is 0 Å². The molecule has 1 aliphatic rings. The number of aliphatic hydroxyl groups excluding tert-OH is 2. The van der Waals surface area contributed by atoms with Crippen LogP contribution >= 0.6 is 11.6 Å². The molecule has 22 heavy (non-hydrogen) atoms. The number of hydrogen-bond donors (Lipinski definition) is 3. The number of aromatic nitrogens is 4. The Hall–Kier alpha value is -2.17. The van der Waals surface area contributed by atoms with Gasteiger partial charge in [-0.25, -0.2) is 4.98 Å². The summed E-state index contributed by atoms with van der Waals surface area (Å²) in [4.78, 5) is 14.4. The minimum Gasteiger partial charge on any atom is -0.388 e. The lowest BCUT2D eigenvalue weighted by atomic mass is 10.1. The summed E-state index contributed by atoms with van der Waals surface area (Å²) in [6, 6.07) is 0. The predicted molar refractivity (Wildman–Crippen MR) is 74.7 cm³/mol. The lowest BCUT2D eigenvalue weighted by molar-refractivity contribution is -0.0321.